The van der Waals surface area contributed by atoms with Gasteiger partial charge in [0.25, 0.3) is 0 Å². The second-order valence-corrected chi connectivity index (χ2v) is 4.33. The Kier molecular flexibility index (Phi) is 2.42. The van der Waals surface area contributed by atoms with Gasteiger partial charge < -0.3 is 9.88 Å². The summed E-state index contributed by atoms with van der Waals surface area (Å²) in [5.74, 6) is 1.10. The summed E-state index contributed by atoms with van der Waals surface area (Å²) >= 11 is 6.00. The second kappa shape index (κ2) is 3.92. The molecular formula is C12H12ClN3. The zero-order chi connectivity index (χ0) is 11.0. The molecule has 0 bridgehead atoms. The Balaban J connectivity index is 2.09. The lowest BCUT2D eigenvalue weighted by Crippen LogP contribution is -2.28. The Morgan fingerprint density at radius 3 is 3.19 bits per heavy atom. The molecule has 0 saturated heterocycles. The predicted molar refractivity (Wildman–Crippen MR) is 64.4 cm³/mol. The van der Waals surface area contributed by atoms with Crippen LogP contribution < -0.4 is 5.32 Å². The van der Waals surface area contributed by atoms with Crippen molar-refractivity contribution in [3.05, 3.63) is 41.3 Å². The molecule has 3 nitrogen and oxygen atoms in total. The topological polar surface area (TPSA) is 29.9 Å². The lowest BCUT2D eigenvalue weighted by molar-refractivity contribution is 0.508. The fourth-order valence-corrected chi connectivity index (χ4v) is 2.26. The summed E-state index contributed by atoms with van der Waals surface area (Å²) in [7, 11) is 0. The number of aromatic nitrogens is 2. The molecule has 0 aliphatic carbocycles. The minimum Gasteiger partial charge on any atom is -0.326 e. The van der Waals surface area contributed by atoms with Gasteiger partial charge in [-0.05, 0) is 12.1 Å². The fourth-order valence-electron chi connectivity index (χ4n) is 2.07. The molecule has 2 aromatic rings. The van der Waals surface area contributed by atoms with Crippen molar-refractivity contribution in [2.45, 2.75) is 13.1 Å². The van der Waals surface area contributed by atoms with Crippen LogP contribution in [0.4, 0.5) is 0 Å². The highest BCUT2D eigenvalue weighted by Crippen LogP contribution is 2.24. The minimum atomic E-state index is 0.766. The smallest absolute Gasteiger partial charge is 0.123 e. The van der Waals surface area contributed by atoms with Crippen molar-refractivity contribution in [3.63, 3.8) is 0 Å². The maximum Gasteiger partial charge on any atom is 0.123 e. The first kappa shape index (κ1) is 9.87. The summed E-state index contributed by atoms with van der Waals surface area (Å²) < 4.78 is 2.25. The van der Waals surface area contributed by atoms with Gasteiger partial charge in [-0.3, -0.25) is 0 Å². The highest BCUT2D eigenvalue weighted by atomic mass is 35.5. The van der Waals surface area contributed by atoms with E-state index in [-0.39, 0.29) is 0 Å². The molecule has 4 heteroatoms. The third kappa shape index (κ3) is 1.62. The largest absolute Gasteiger partial charge is 0.326 e. The highest BCUT2D eigenvalue weighted by Gasteiger charge is 2.14. The van der Waals surface area contributed by atoms with Gasteiger partial charge in [0.15, 0.2) is 0 Å². The first-order chi connectivity index (χ1) is 7.84. The number of rotatable bonds is 1. The van der Waals surface area contributed by atoms with E-state index in [1.165, 1.54) is 0 Å². The van der Waals surface area contributed by atoms with Crippen LogP contribution in [0, 0.1) is 0 Å². The maximum atomic E-state index is 6.00. The van der Waals surface area contributed by atoms with Gasteiger partial charge in [-0.25, -0.2) is 4.98 Å². The number of halogens is 1. The number of nitrogens with zero attached hydrogens (tertiary/aromatic N) is 2. The third-order valence-corrected chi connectivity index (χ3v) is 3.09. The molecule has 16 heavy (non-hydrogen) atoms. The molecule has 0 unspecified atom stereocenters. The lowest BCUT2D eigenvalue weighted by Gasteiger charge is -2.17. The van der Waals surface area contributed by atoms with Crippen molar-refractivity contribution < 1.29 is 0 Å². The third-order valence-electron chi connectivity index (χ3n) is 2.85. The van der Waals surface area contributed by atoms with Gasteiger partial charge in [0, 0.05) is 23.7 Å². The van der Waals surface area contributed by atoms with E-state index in [4.69, 9.17) is 11.6 Å². The molecule has 1 aliphatic rings. The van der Waals surface area contributed by atoms with Gasteiger partial charge >= 0.3 is 0 Å². The van der Waals surface area contributed by atoms with Crippen LogP contribution in [0.2, 0.25) is 5.02 Å². The van der Waals surface area contributed by atoms with Crippen molar-refractivity contribution in [2.24, 2.45) is 0 Å². The van der Waals surface area contributed by atoms with E-state index < -0.39 is 0 Å². The number of hydrogen-bond acceptors (Lipinski definition) is 2. The predicted octanol–water partition coefficient (Wildman–Crippen LogP) is 2.31. The van der Waals surface area contributed by atoms with Gasteiger partial charge in [-0.1, -0.05) is 23.7 Å². The molecule has 0 radical (unpaired) electrons. The molecule has 2 heterocycles. The van der Waals surface area contributed by atoms with Crippen LogP contribution in [0.1, 0.15) is 5.82 Å². The normalized spacial score (nSPS) is 14.8. The van der Waals surface area contributed by atoms with Crippen molar-refractivity contribution in [1.29, 1.82) is 0 Å². The van der Waals surface area contributed by atoms with Crippen molar-refractivity contribution in [1.82, 2.24) is 14.9 Å². The van der Waals surface area contributed by atoms with E-state index in [0.717, 1.165) is 41.7 Å². The van der Waals surface area contributed by atoms with E-state index in [9.17, 15) is 0 Å². The molecule has 0 fully saturated rings. The average molecular weight is 234 g/mol. The summed E-state index contributed by atoms with van der Waals surface area (Å²) in [5.41, 5.74) is 2.28. The summed E-state index contributed by atoms with van der Waals surface area (Å²) in [6.07, 6.45) is 1.92. The molecule has 1 N–H and O–H groups in total. The number of fused-ring (bicyclic) bond motifs is 1. The molecule has 3 rings (SSSR count). The first-order valence-electron chi connectivity index (χ1n) is 5.35. The summed E-state index contributed by atoms with van der Waals surface area (Å²) in [4.78, 5) is 4.42. The minimum absolute atomic E-state index is 0.766. The molecule has 0 atom stereocenters. The van der Waals surface area contributed by atoms with Crippen molar-refractivity contribution in [3.8, 4) is 11.3 Å². The van der Waals surface area contributed by atoms with Gasteiger partial charge in [-0.15, -0.1) is 0 Å². The Bertz CT molecular complexity index is 519. The quantitative estimate of drug-likeness (QED) is 0.819. The number of hydrogen-bond donors (Lipinski definition) is 1. The number of benzene rings is 1. The Labute approximate surface area is 99.1 Å². The van der Waals surface area contributed by atoms with E-state index in [2.05, 4.69) is 20.9 Å². The van der Waals surface area contributed by atoms with Crippen LogP contribution in [-0.2, 0) is 13.1 Å². The van der Waals surface area contributed by atoms with Crippen LogP contribution in [0.25, 0.3) is 11.3 Å². The Morgan fingerprint density at radius 2 is 2.31 bits per heavy atom. The van der Waals surface area contributed by atoms with Gasteiger partial charge in [0.1, 0.15) is 5.82 Å². The maximum absolute atomic E-state index is 6.00. The molecule has 82 valence electrons. The molecule has 1 aliphatic heterocycles. The Morgan fingerprint density at radius 1 is 1.38 bits per heavy atom. The van der Waals surface area contributed by atoms with Gasteiger partial charge in [0.2, 0.25) is 0 Å². The van der Waals surface area contributed by atoms with Crippen LogP contribution in [0.3, 0.4) is 0 Å². The van der Waals surface area contributed by atoms with E-state index in [1.807, 2.05) is 24.4 Å². The zero-order valence-electron chi connectivity index (χ0n) is 8.78. The molecular weight excluding hydrogens is 222 g/mol. The van der Waals surface area contributed by atoms with Crippen molar-refractivity contribution >= 4 is 11.6 Å². The highest BCUT2D eigenvalue weighted by molar-refractivity contribution is 6.30. The van der Waals surface area contributed by atoms with Crippen LogP contribution in [0.15, 0.2) is 30.5 Å². The van der Waals surface area contributed by atoms with Crippen LogP contribution >= 0.6 is 11.6 Å². The molecule has 0 spiro atoms. The zero-order valence-corrected chi connectivity index (χ0v) is 9.54. The first-order valence-corrected chi connectivity index (χ1v) is 5.73. The molecule has 0 saturated carbocycles. The Hall–Kier alpha value is -1.32. The van der Waals surface area contributed by atoms with E-state index in [0.29, 0.717) is 0 Å². The second-order valence-electron chi connectivity index (χ2n) is 3.90. The fraction of sp³-hybridized carbons (Fsp3) is 0.250. The number of nitrogens with one attached hydrogen (secondary N) is 1. The molecule has 1 aromatic heterocycles. The average Bonchev–Trinajstić information content (AvgIpc) is 2.72. The standard InChI is InChI=1S/C12H12ClN3/c13-10-3-1-2-9(6-10)11-7-15-12-8-14-4-5-16(11)12/h1-3,6-7,14H,4-5,8H2. The molecule has 0 amide bonds. The van der Waals surface area contributed by atoms with Gasteiger partial charge in [-0.2, -0.15) is 0 Å². The molecule has 1 aromatic carbocycles. The lowest BCUT2D eigenvalue weighted by atomic mass is 10.1. The summed E-state index contributed by atoms with van der Waals surface area (Å²) in [6.45, 7) is 2.81. The SMILES string of the molecule is Clc1cccc(-c2cnc3n2CCNC3)c1. The van der Waals surface area contributed by atoms with Crippen LogP contribution in [0.5, 0.6) is 0 Å². The summed E-state index contributed by atoms with van der Waals surface area (Å²) in [5, 5.41) is 4.07. The van der Waals surface area contributed by atoms with Crippen LogP contribution in [-0.4, -0.2) is 16.1 Å². The van der Waals surface area contributed by atoms with E-state index >= 15 is 0 Å². The van der Waals surface area contributed by atoms with Gasteiger partial charge in [0.05, 0.1) is 18.4 Å². The van der Waals surface area contributed by atoms with Crippen molar-refractivity contribution in [2.75, 3.05) is 6.54 Å². The monoisotopic (exact) mass is 233 g/mol. The van der Waals surface area contributed by atoms with E-state index in [1.54, 1.807) is 0 Å². The summed E-state index contributed by atoms with van der Waals surface area (Å²) in [6, 6.07) is 7.91. The number of imidazole rings is 1.